The van der Waals surface area contributed by atoms with Crippen molar-refractivity contribution in [2.75, 3.05) is 20.2 Å². The van der Waals surface area contributed by atoms with Gasteiger partial charge in [0.05, 0.1) is 19.1 Å². The van der Waals surface area contributed by atoms with E-state index in [1.165, 1.54) is 0 Å². The van der Waals surface area contributed by atoms with Crippen LogP contribution in [0.4, 0.5) is 0 Å². The minimum Gasteiger partial charge on any atom is -0.494 e. The third kappa shape index (κ3) is 4.75. The third-order valence-electron chi connectivity index (χ3n) is 2.55. The molecule has 0 bridgehead atoms. The van der Waals surface area contributed by atoms with Gasteiger partial charge < -0.3 is 14.7 Å². The van der Waals surface area contributed by atoms with Crippen LogP contribution in [-0.2, 0) is 11.2 Å². The van der Waals surface area contributed by atoms with Crippen LogP contribution in [0.3, 0.4) is 0 Å². The Morgan fingerprint density at radius 2 is 2.00 bits per heavy atom. The van der Waals surface area contributed by atoms with Crippen LogP contribution in [0.25, 0.3) is 0 Å². The van der Waals surface area contributed by atoms with E-state index < -0.39 is 6.10 Å². The summed E-state index contributed by atoms with van der Waals surface area (Å²) in [6, 6.07) is 7.50. The van der Waals surface area contributed by atoms with E-state index in [1.54, 1.807) is 18.9 Å². The van der Waals surface area contributed by atoms with Gasteiger partial charge in [-0.3, -0.25) is 4.79 Å². The summed E-state index contributed by atoms with van der Waals surface area (Å²) in [4.78, 5) is 13.4. The lowest BCUT2D eigenvalue weighted by Gasteiger charge is -2.18. The smallest absolute Gasteiger partial charge is 0.226 e. The summed E-state index contributed by atoms with van der Waals surface area (Å²) in [5.41, 5.74) is 0.945. The first-order valence-electron chi connectivity index (χ1n) is 6.16. The van der Waals surface area contributed by atoms with Crippen LogP contribution in [0.1, 0.15) is 19.4 Å². The Hall–Kier alpha value is -1.55. The minimum atomic E-state index is -0.501. The van der Waals surface area contributed by atoms with Gasteiger partial charge >= 0.3 is 0 Å². The van der Waals surface area contributed by atoms with Crippen LogP contribution in [0.2, 0.25) is 0 Å². The summed E-state index contributed by atoms with van der Waals surface area (Å²) >= 11 is 0. The quantitative estimate of drug-likeness (QED) is 0.833. The zero-order valence-electron chi connectivity index (χ0n) is 11.2. The first-order valence-corrected chi connectivity index (χ1v) is 6.16. The molecule has 0 saturated carbocycles. The van der Waals surface area contributed by atoms with Crippen molar-refractivity contribution in [2.24, 2.45) is 0 Å². The summed E-state index contributed by atoms with van der Waals surface area (Å²) in [6.07, 6.45) is -0.158. The number of carbonyl (C=O) groups is 1. The number of rotatable bonds is 6. The maximum absolute atomic E-state index is 11.8. The Bertz CT molecular complexity index is 373. The highest BCUT2D eigenvalue weighted by atomic mass is 16.5. The summed E-state index contributed by atoms with van der Waals surface area (Å²) in [7, 11) is 1.70. The number of likely N-dealkylation sites (N-methyl/N-ethyl adjacent to an activating group) is 1. The molecule has 0 spiro atoms. The molecule has 1 amide bonds. The summed E-state index contributed by atoms with van der Waals surface area (Å²) in [5, 5.41) is 9.22. The molecule has 1 rings (SSSR count). The maximum atomic E-state index is 11.8. The second kappa shape index (κ2) is 7.01. The zero-order valence-corrected chi connectivity index (χ0v) is 11.2. The predicted molar refractivity (Wildman–Crippen MR) is 70.6 cm³/mol. The molecule has 1 aromatic carbocycles. The van der Waals surface area contributed by atoms with Gasteiger partial charge in [0, 0.05) is 13.6 Å². The number of aliphatic hydroxyl groups is 1. The van der Waals surface area contributed by atoms with Crippen molar-refractivity contribution in [3.8, 4) is 5.75 Å². The van der Waals surface area contributed by atoms with E-state index in [0.717, 1.165) is 11.3 Å². The van der Waals surface area contributed by atoms with Crippen LogP contribution in [0.5, 0.6) is 5.75 Å². The van der Waals surface area contributed by atoms with Crippen molar-refractivity contribution < 1.29 is 14.6 Å². The topological polar surface area (TPSA) is 49.8 Å². The van der Waals surface area contributed by atoms with Gasteiger partial charge in [-0.15, -0.1) is 0 Å². The number of aliphatic hydroxyl groups excluding tert-OH is 1. The second-order valence-electron chi connectivity index (χ2n) is 4.38. The van der Waals surface area contributed by atoms with Crippen molar-refractivity contribution in [1.82, 2.24) is 4.90 Å². The molecule has 100 valence electrons. The predicted octanol–water partition coefficient (Wildman–Crippen LogP) is 1.47. The normalized spacial score (nSPS) is 12.0. The molecule has 0 radical (unpaired) electrons. The zero-order chi connectivity index (χ0) is 13.5. The molecule has 18 heavy (non-hydrogen) atoms. The molecule has 0 fully saturated rings. The first-order chi connectivity index (χ1) is 8.52. The highest BCUT2D eigenvalue weighted by Gasteiger charge is 2.11. The lowest BCUT2D eigenvalue weighted by molar-refractivity contribution is -0.130. The number of hydrogen-bond donors (Lipinski definition) is 1. The number of hydrogen-bond acceptors (Lipinski definition) is 3. The molecule has 0 saturated heterocycles. The number of nitrogens with zero attached hydrogens (tertiary/aromatic N) is 1. The number of ether oxygens (including phenoxy) is 1. The molecule has 4 nitrogen and oxygen atoms in total. The molecular weight excluding hydrogens is 230 g/mol. The lowest BCUT2D eigenvalue weighted by Crippen LogP contribution is -2.34. The maximum Gasteiger partial charge on any atom is 0.226 e. The average Bonchev–Trinajstić information content (AvgIpc) is 2.31. The molecule has 1 unspecified atom stereocenters. The van der Waals surface area contributed by atoms with Crippen LogP contribution >= 0.6 is 0 Å². The minimum absolute atomic E-state index is 0.0000555. The average molecular weight is 251 g/mol. The third-order valence-corrected chi connectivity index (χ3v) is 2.55. The molecular formula is C14H21NO3. The highest BCUT2D eigenvalue weighted by molar-refractivity contribution is 5.78. The van der Waals surface area contributed by atoms with Crippen molar-refractivity contribution in [2.45, 2.75) is 26.4 Å². The first kappa shape index (κ1) is 14.5. The molecule has 0 aliphatic carbocycles. The van der Waals surface area contributed by atoms with Gasteiger partial charge in [0.25, 0.3) is 0 Å². The number of benzene rings is 1. The van der Waals surface area contributed by atoms with Gasteiger partial charge in [0.15, 0.2) is 0 Å². The Kier molecular flexibility index (Phi) is 5.65. The van der Waals surface area contributed by atoms with Crippen molar-refractivity contribution in [1.29, 1.82) is 0 Å². The second-order valence-corrected chi connectivity index (χ2v) is 4.38. The van der Waals surface area contributed by atoms with E-state index in [4.69, 9.17) is 4.74 Å². The largest absolute Gasteiger partial charge is 0.494 e. The van der Waals surface area contributed by atoms with Crippen molar-refractivity contribution in [3.63, 3.8) is 0 Å². The summed E-state index contributed by atoms with van der Waals surface area (Å²) in [6.45, 7) is 4.59. The van der Waals surface area contributed by atoms with E-state index in [9.17, 15) is 9.90 Å². The Labute approximate surface area is 108 Å². The molecule has 0 aliphatic heterocycles. The standard InChI is InChI=1S/C14H21NO3/c1-4-18-13-7-5-12(6-8-13)9-14(17)15(3)10-11(2)16/h5-8,11,16H,4,9-10H2,1-3H3. The summed E-state index contributed by atoms with van der Waals surface area (Å²) < 4.78 is 5.34. The number of carbonyl (C=O) groups excluding carboxylic acids is 1. The molecule has 1 N–H and O–H groups in total. The van der Waals surface area contributed by atoms with Crippen molar-refractivity contribution in [3.05, 3.63) is 29.8 Å². The fraction of sp³-hybridized carbons (Fsp3) is 0.500. The fourth-order valence-electron chi connectivity index (χ4n) is 1.68. The van der Waals surface area contributed by atoms with E-state index in [0.29, 0.717) is 19.6 Å². The monoisotopic (exact) mass is 251 g/mol. The Balaban J connectivity index is 2.53. The van der Waals surface area contributed by atoms with Gasteiger partial charge in [-0.1, -0.05) is 12.1 Å². The van der Waals surface area contributed by atoms with E-state index in [-0.39, 0.29) is 5.91 Å². The van der Waals surface area contributed by atoms with Gasteiger partial charge in [0.2, 0.25) is 5.91 Å². The molecule has 0 aromatic heterocycles. The van der Waals surface area contributed by atoms with E-state index in [1.807, 2.05) is 31.2 Å². The Morgan fingerprint density at radius 3 is 2.50 bits per heavy atom. The highest BCUT2D eigenvalue weighted by Crippen LogP contribution is 2.13. The van der Waals surface area contributed by atoms with Gasteiger partial charge in [0.1, 0.15) is 5.75 Å². The molecule has 1 atom stereocenters. The van der Waals surface area contributed by atoms with E-state index in [2.05, 4.69) is 0 Å². The van der Waals surface area contributed by atoms with Crippen LogP contribution in [0.15, 0.2) is 24.3 Å². The van der Waals surface area contributed by atoms with Crippen LogP contribution < -0.4 is 4.74 Å². The lowest BCUT2D eigenvalue weighted by atomic mass is 10.1. The van der Waals surface area contributed by atoms with Crippen LogP contribution in [0, 0.1) is 0 Å². The summed E-state index contributed by atoms with van der Waals surface area (Å²) in [5.74, 6) is 0.811. The van der Waals surface area contributed by atoms with Gasteiger partial charge in [-0.05, 0) is 31.5 Å². The fourth-order valence-corrected chi connectivity index (χ4v) is 1.68. The molecule has 0 heterocycles. The Morgan fingerprint density at radius 1 is 1.39 bits per heavy atom. The molecule has 1 aromatic rings. The molecule has 4 heteroatoms. The molecule has 0 aliphatic rings. The van der Waals surface area contributed by atoms with Gasteiger partial charge in [-0.2, -0.15) is 0 Å². The van der Waals surface area contributed by atoms with E-state index >= 15 is 0 Å². The van der Waals surface area contributed by atoms with Gasteiger partial charge in [-0.25, -0.2) is 0 Å². The van der Waals surface area contributed by atoms with Crippen molar-refractivity contribution >= 4 is 5.91 Å². The SMILES string of the molecule is CCOc1ccc(CC(=O)N(C)CC(C)O)cc1. The number of amides is 1. The van der Waals surface area contributed by atoms with Crippen LogP contribution in [-0.4, -0.2) is 42.2 Å².